The highest BCUT2D eigenvalue weighted by molar-refractivity contribution is 5.59. The van der Waals surface area contributed by atoms with Crippen molar-refractivity contribution in [1.29, 1.82) is 0 Å². The number of fused-ring (bicyclic) bond motifs is 1. The van der Waals surface area contributed by atoms with Crippen molar-refractivity contribution in [1.82, 2.24) is 0 Å². The third-order valence-corrected chi connectivity index (χ3v) is 9.92. The molecule has 1 fully saturated rings. The number of ether oxygens (including phenoxy) is 3. The van der Waals surface area contributed by atoms with Crippen molar-refractivity contribution < 1.29 is 34.6 Å². The lowest BCUT2D eigenvalue weighted by Crippen LogP contribution is -2.60. The monoisotopic (exact) mass is 592 g/mol. The molecular weight excluding hydrogens is 532 g/mol. The summed E-state index contributed by atoms with van der Waals surface area (Å²) >= 11 is 0. The van der Waals surface area contributed by atoms with Gasteiger partial charge in [0.25, 0.3) is 0 Å². The minimum absolute atomic E-state index is 0.207. The predicted molar refractivity (Wildman–Crippen MR) is 167 cm³/mol. The third kappa shape index (κ3) is 8.84. The molecule has 0 saturated carbocycles. The number of hydrogen-bond donors (Lipinski definition) is 4. The van der Waals surface area contributed by atoms with Crippen LogP contribution in [0.3, 0.4) is 0 Å². The molecule has 7 nitrogen and oxygen atoms in total. The van der Waals surface area contributed by atoms with E-state index in [-0.39, 0.29) is 5.60 Å². The van der Waals surface area contributed by atoms with E-state index in [1.54, 1.807) is 0 Å². The van der Waals surface area contributed by atoms with E-state index in [2.05, 4.69) is 34.6 Å². The van der Waals surface area contributed by atoms with Crippen molar-refractivity contribution in [2.45, 2.75) is 162 Å². The number of benzene rings is 1. The van der Waals surface area contributed by atoms with Gasteiger partial charge in [0.1, 0.15) is 41.5 Å². The van der Waals surface area contributed by atoms with Gasteiger partial charge >= 0.3 is 0 Å². The van der Waals surface area contributed by atoms with Crippen LogP contribution >= 0.6 is 0 Å². The molecule has 1 aromatic rings. The first-order chi connectivity index (χ1) is 19.8. The molecule has 1 saturated heterocycles. The fourth-order valence-electron chi connectivity index (χ4n) is 6.72. The Morgan fingerprint density at radius 2 is 1.40 bits per heavy atom. The molecule has 7 heteroatoms. The maximum atomic E-state index is 10.5. The molecule has 0 aromatic heterocycles. The Kier molecular flexibility index (Phi) is 13.0. The lowest BCUT2D eigenvalue weighted by Gasteiger charge is -2.41. The zero-order chi connectivity index (χ0) is 31.2. The summed E-state index contributed by atoms with van der Waals surface area (Å²) in [6, 6.07) is 0. The minimum atomic E-state index is -1.48. The van der Waals surface area contributed by atoms with Gasteiger partial charge in [0, 0.05) is 5.56 Å². The lowest BCUT2D eigenvalue weighted by molar-refractivity contribution is -0.277. The molecule has 4 N–H and O–H groups in total. The van der Waals surface area contributed by atoms with Crippen LogP contribution in [0.4, 0.5) is 0 Å². The topological polar surface area (TPSA) is 109 Å². The van der Waals surface area contributed by atoms with Gasteiger partial charge < -0.3 is 34.6 Å². The summed E-state index contributed by atoms with van der Waals surface area (Å²) in [6.07, 6.45) is 6.72. The van der Waals surface area contributed by atoms with E-state index in [9.17, 15) is 20.4 Å². The quantitative estimate of drug-likeness (QED) is 0.189. The maximum absolute atomic E-state index is 10.5. The lowest BCUT2D eigenvalue weighted by atomic mass is 9.83. The highest BCUT2D eigenvalue weighted by Crippen LogP contribution is 2.45. The zero-order valence-corrected chi connectivity index (χ0v) is 27.6. The zero-order valence-electron chi connectivity index (χ0n) is 27.6. The Morgan fingerprint density at radius 3 is 2.00 bits per heavy atom. The second-order valence-corrected chi connectivity index (χ2v) is 14.2. The van der Waals surface area contributed by atoms with E-state index in [0.29, 0.717) is 5.75 Å². The first-order valence-electron chi connectivity index (χ1n) is 16.6. The van der Waals surface area contributed by atoms with E-state index in [1.165, 1.54) is 44.9 Å². The fourth-order valence-corrected chi connectivity index (χ4v) is 6.72. The Labute approximate surface area is 255 Å². The Hall–Kier alpha value is -1.38. The molecular formula is C35H60O7. The molecule has 2 heterocycles. The van der Waals surface area contributed by atoms with Crippen LogP contribution in [0.2, 0.25) is 0 Å². The smallest absolute Gasteiger partial charge is 0.229 e. The SMILES string of the molecule is Cc1c(C)c2c(c(C)c1O[C@@H]1O[C@H](CO)[C@@H](O)[C@H](O)[C@H]1O)CC[C@@](C)(CCC[C@H](C)CCC[C@H](C)CCCC(C)C)O2. The highest BCUT2D eigenvalue weighted by Gasteiger charge is 2.45. The van der Waals surface area contributed by atoms with Crippen LogP contribution in [0.15, 0.2) is 0 Å². The Morgan fingerprint density at radius 1 is 0.810 bits per heavy atom. The molecule has 3 rings (SSSR count). The molecule has 0 spiro atoms. The molecule has 42 heavy (non-hydrogen) atoms. The molecule has 2 aliphatic heterocycles. The number of aliphatic hydroxyl groups is 4. The summed E-state index contributed by atoms with van der Waals surface area (Å²) in [5.41, 5.74) is 3.71. The van der Waals surface area contributed by atoms with Gasteiger partial charge in [0.2, 0.25) is 6.29 Å². The van der Waals surface area contributed by atoms with Gasteiger partial charge in [0.05, 0.1) is 6.61 Å². The van der Waals surface area contributed by atoms with Crippen LogP contribution in [0.5, 0.6) is 11.5 Å². The fraction of sp³-hybridized carbons (Fsp3) is 0.829. The van der Waals surface area contributed by atoms with Crippen molar-refractivity contribution in [3.63, 3.8) is 0 Å². The van der Waals surface area contributed by atoms with E-state index < -0.39 is 37.3 Å². The van der Waals surface area contributed by atoms with Gasteiger partial charge in [-0.3, -0.25) is 0 Å². The largest absolute Gasteiger partial charge is 0.487 e. The standard InChI is InChI=1S/C35H60O7/c1-21(2)12-9-13-22(3)14-10-15-23(4)16-11-18-35(8)19-17-27-26(7)32(24(5)25(6)33(27)42-35)41-34-31(39)30(38)29(37)28(20-36)40-34/h21-23,28-31,34,36-39H,9-20H2,1-8H3/t22-,23-,28-,29-,30+,31-,34+,35-/m1/s1. The Balaban J connectivity index is 1.55. The average molecular weight is 593 g/mol. The van der Waals surface area contributed by atoms with Gasteiger partial charge in [-0.25, -0.2) is 0 Å². The van der Waals surface area contributed by atoms with Crippen molar-refractivity contribution in [3.05, 3.63) is 22.3 Å². The van der Waals surface area contributed by atoms with Crippen molar-refractivity contribution in [2.75, 3.05) is 6.61 Å². The van der Waals surface area contributed by atoms with Crippen LogP contribution in [-0.2, 0) is 11.2 Å². The third-order valence-electron chi connectivity index (χ3n) is 9.92. The van der Waals surface area contributed by atoms with Crippen molar-refractivity contribution in [2.24, 2.45) is 17.8 Å². The molecule has 0 unspecified atom stereocenters. The number of hydrogen-bond acceptors (Lipinski definition) is 7. The van der Waals surface area contributed by atoms with Crippen LogP contribution in [0.25, 0.3) is 0 Å². The van der Waals surface area contributed by atoms with Crippen LogP contribution < -0.4 is 9.47 Å². The molecule has 0 aliphatic carbocycles. The molecule has 0 radical (unpaired) electrons. The molecule has 2 aliphatic rings. The van der Waals surface area contributed by atoms with Gasteiger partial charge in [-0.15, -0.1) is 0 Å². The molecule has 242 valence electrons. The molecule has 1 aromatic carbocycles. The predicted octanol–water partition coefficient (Wildman–Crippen LogP) is 6.31. The van der Waals surface area contributed by atoms with Gasteiger partial charge in [-0.1, -0.05) is 72.6 Å². The summed E-state index contributed by atoms with van der Waals surface area (Å²) in [6.45, 7) is 17.2. The molecule has 8 atom stereocenters. The first kappa shape index (κ1) is 35.1. The highest BCUT2D eigenvalue weighted by atomic mass is 16.7. The molecule has 0 amide bonds. The van der Waals surface area contributed by atoms with E-state index in [1.807, 2.05) is 20.8 Å². The summed E-state index contributed by atoms with van der Waals surface area (Å²) < 4.78 is 18.5. The number of rotatable bonds is 15. The first-order valence-corrected chi connectivity index (χ1v) is 16.6. The van der Waals surface area contributed by atoms with Crippen LogP contribution in [0.1, 0.15) is 121 Å². The van der Waals surface area contributed by atoms with E-state index >= 15 is 0 Å². The maximum Gasteiger partial charge on any atom is 0.229 e. The van der Waals surface area contributed by atoms with Gasteiger partial charge in [0.15, 0.2) is 0 Å². The summed E-state index contributed by atoms with van der Waals surface area (Å²) in [5, 5.41) is 40.4. The Bertz CT molecular complexity index is 992. The van der Waals surface area contributed by atoms with Crippen molar-refractivity contribution >= 4 is 0 Å². The average Bonchev–Trinajstić information content (AvgIpc) is 2.93. The normalized spacial score (nSPS) is 29.2. The van der Waals surface area contributed by atoms with Crippen molar-refractivity contribution in [3.8, 4) is 11.5 Å². The number of aliphatic hydroxyl groups excluding tert-OH is 4. The minimum Gasteiger partial charge on any atom is -0.487 e. The van der Waals surface area contributed by atoms with E-state index in [4.69, 9.17) is 14.2 Å². The van der Waals surface area contributed by atoms with Crippen LogP contribution in [-0.4, -0.2) is 63.3 Å². The van der Waals surface area contributed by atoms with Crippen LogP contribution in [0, 0.1) is 38.5 Å². The summed E-state index contributed by atoms with van der Waals surface area (Å²) in [4.78, 5) is 0. The second-order valence-electron chi connectivity index (χ2n) is 14.2. The van der Waals surface area contributed by atoms with Gasteiger partial charge in [-0.2, -0.15) is 0 Å². The van der Waals surface area contributed by atoms with Gasteiger partial charge in [-0.05, 0) is 87.8 Å². The van der Waals surface area contributed by atoms with E-state index in [0.717, 1.165) is 71.4 Å². The second kappa shape index (κ2) is 15.6. The molecule has 0 bridgehead atoms. The summed E-state index contributed by atoms with van der Waals surface area (Å²) in [5.74, 6) is 3.91. The summed E-state index contributed by atoms with van der Waals surface area (Å²) in [7, 11) is 0.